The maximum Gasteiger partial charge on any atom is 0.149 e. The van der Waals surface area contributed by atoms with Crippen molar-refractivity contribution >= 4 is 33.5 Å². The van der Waals surface area contributed by atoms with Gasteiger partial charge in [0.25, 0.3) is 0 Å². The molecule has 0 atom stereocenters. The molecule has 3 aromatic carbocycles. The van der Waals surface area contributed by atoms with Gasteiger partial charge in [-0.2, -0.15) is 5.26 Å². The number of hydrogen-bond acceptors (Lipinski definition) is 2. The average molecular weight is 360 g/mol. The number of para-hydroxylation sites is 2. The van der Waals surface area contributed by atoms with Crippen molar-refractivity contribution in [2.24, 2.45) is 0 Å². The number of imidazole rings is 1. The Hall–Kier alpha value is -4.10. The minimum Gasteiger partial charge on any atom is -0.337 e. The third-order valence-corrected chi connectivity index (χ3v) is 4.85. The van der Waals surface area contributed by atoms with Crippen LogP contribution in [-0.2, 0) is 0 Å². The van der Waals surface area contributed by atoms with Gasteiger partial charge in [0.05, 0.1) is 16.6 Å². The van der Waals surface area contributed by atoms with Crippen LogP contribution >= 0.6 is 0 Å². The highest BCUT2D eigenvalue weighted by molar-refractivity contribution is 5.90. The maximum atomic E-state index is 9.72. The molecule has 1 N–H and O–H groups in total. The minimum atomic E-state index is 0.497. The van der Waals surface area contributed by atoms with Gasteiger partial charge in [0.2, 0.25) is 0 Å². The summed E-state index contributed by atoms with van der Waals surface area (Å²) in [5, 5.41) is 12.1. The second kappa shape index (κ2) is 6.57. The Morgan fingerprint density at radius 3 is 2.61 bits per heavy atom. The smallest absolute Gasteiger partial charge is 0.149 e. The van der Waals surface area contributed by atoms with Crippen molar-refractivity contribution in [3.63, 3.8) is 0 Å². The molecule has 5 aromatic rings. The predicted octanol–water partition coefficient (Wildman–Crippen LogP) is 5.57. The van der Waals surface area contributed by atoms with Gasteiger partial charge in [-0.15, -0.1) is 0 Å². The van der Waals surface area contributed by atoms with Crippen molar-refractivity contribution in [3.8, 4) is 11.8 Å². The minimum absolute atomic E-state index is 0.497. The van der Waals surface area contributed by atoms with Crippen LogP contribution in [0.5, 0.6) is 0 Å². The number of nitriles is 1. The van der Waals surface area contributed by atoms with Gasteiger partial charge in [0, 0.05) is 17.6 Å². The lowest BCUT2D eigenvalue weighted by atomic mass is 10.1. The molecule has 28 heavy (non-hydrogen) atoms. The summed E-state index contributed by atoms with van der Waals surface area (Å²) in [5.74, 6) is 0.579. The zero-order valence-electron chi connectivity index (χ0n) is 15.0. The standard InChI is InChI=1S/C24H16N4/c25-16-19(24-26-22-9-3-4-10-23(22)27-24)15-20-8-5-13-28(20)21-12-11-17-6-1-2-7-18(17)14-21/h1-15H,(H,26,27)/b19-15-. The van der Waals surface area contributed by atoms with Crippen molar-refractivity contribution in [2.45, 2.75) is 0 Å². The fourth-order valence-electron chi connectivity index (χ4n) is 3.46. The number of benzene rings is 3. The molecule has 4 heteroatoms. The number of H-pyrrole nitrogens is 1. The zero-order chi connectivity index (χ0) is 18.9. The van der Waals surface area contributed by atoms with E-state index in [1.807, 2.05) is 60.8 Å². The lowest BCUT2D eigenvalue weighted by Gasteiger charge is -2.08. The highest BCUT2D eigenvalue weighted by Gasteiger charge is 2.10. The van der Waals surface area contributed by atoms with E-state index in [9.17, 15) is 5.26 Å². The number of allylic oxidation sites excluding steroid dienone is 1. The first-order valence-electron chi connectivity index (χ1n) is 9.05. The molecule has 132 valence electrons. The van der Waals surface area contributed by atoms with Crippen molar-refractivity contribution in [2.75, 3.05) is 0 Å². The highest BCUT2D eigenvalue weighted by Crippen LogP contribution is 2.23. The van der Waals surface area contributed by atoms with Gasteiger partial charge < -0.3 is 9.55 Å². The Morgan fingerprint density at radius 2 is 1.75 bits per heavy atom. The fraction of sp³-hybridized carbons (Fsp3) is 0. The summed E-state index contributed by atoms with van der Waals surface area (Å²) < 4.78 is 2.08. The molecule has 0 saturated heterocycles. The Morgan fingerprint density at radius 1 is 0.929 bits per heavy atom. The Balaban J connectivity index is 1.59. The highest BCUT2D eigenvalue weighted by atomic mass is 15.0. The molecule has 0 spiro atoms. The SMILES string of the molecule is N#C/C(=C/c1cccn1-c1ccc2ccccc2c1)c1nc2ccccc2[nH]1. The number of fused-ring (bicyclic) bond motifs is 2. The van der Waals surface area contributed by atoms with Gasteiger partial charge >= 0.3 is 0 Å². The fourth-order valence-corrected chi connectivity index (χ4v) is 3.46. The molecule has 0 radical (unpaired) electrons. The molecule has 0 bridgehead atoms. The Bertz CT molecular complexity index is 1350. The number of hydrogen-bond donors (Lipinski definition) is 1. The molecule has 0 aliphatic rings. The molecular formula is C24H16N4. The molecule has 0 amide bonds. The van der Waals surface area contributed by atoms with E-state index < -0.39 is 0 Å². The molecule has 0 saturated carbocycles. The van der Waals surface area contributed by atoms with Gasteiger partial charge in [-0.3, -0.25) is 0 Å². The quantitative estimate of drug-likeness (QED) is 0.428. The van der Waals surface area contributed by atoms with Crippen LogP contribution in [0.25, 0.3) is 39.1 Å². The number of aromatic nitrogens is 3. The van der Waals surface area contributed by atoms with Crippen LogP contribution in [0.4, 0.5) is 0 Å². The third kappa shape index (κ3) is 2.76. The zero-order valence-corrected chi connectivity index (χ0v) is 15.0. The van der Waals surface area contributed by atoms with Crippen LogP contribution in [0, 0.1) is 11.3 Å². The van der Waals surface area contributed by atoms with Crippen LogP contribution < -0.4 is 0 Å². The van der Waals surface area contributed by atoms with Crippen molar-refractivity contribution in [1.29, 1.82) is 5.26 Å². The van der Waals surface area contributed by atoms with Crippen molar-refractivity contribution in [3.05, 3.63) is 96.6 Å². The van der Waals surface area contributed by atoms with Crippen LogP contribution in [0.3, 0.4) is 0 Å². The van der Waals surface area contributed by atoms with Crippen LogP contribution in [0.2, 0.25) is 0 Å². The van der Waals surface area contributed by atoms with Crippen molar-refractivity contribution in [1.82, 2.24) is 14.5 Å². The molecule has 0 unspecified atom stereocenters. The van der Waals surface area contributed by atoms with E-state index in [0.29, 0.717) is 11.4 Å². The molecule has 2 aromatic heterocycles. The normalized spacial score (nSPS) is 11.8. The van der Waals surface area contributed by atoms with Crippen molar-refractivity contribution < 1.29 is 0 Å². The molecule has 0 aliphatic heterocycles. The predicted molar refractivity (Wildman–Crippen MR) is 113 cm³/mol. The molecule has 4 nitrogen and oxygen atoms in total. The van der Waals surface area contributed by atoms with Gasteiger partial charge in [0.1, 0.15) is 11.9 Å². The Labute approximate surface area is 162 Å². The van der Waals surface area contributed by atoms with Crippen LogP contribution in [0.1, 0.15) is 11.5 Å². The maximum absolute atomic E-state index is 9.72. The molecule has 0 aliphatic carbocycles. The molecule has 5 rings (SSSR count). The second-order valence-corrected chi connectivity index (χ2v) is 6.61. The van der Waals surface area contributed by atoms with Gasteiger partial charge in [-0.05, 0) is 53.2 Å². The van der Waals surface area contributed by atoms with Gasteiger partial charge in [-0.1, -0.05) is 42.5 Å². The van der Waals surface area contributed by atoms with E-state index in [2.05, 4.69) is 50.9 Å². The van der Waals surface area contributed by atoms with E-state index in [1.54, 1.807) is 0 Å². The average Bonchev–Trinajstić information content (AvgIpc) is 3.38. The van der Waals surface area contributed by atoms with E-state index in [-0.39, 0.29) is 0 Å². The summed E-state index contributed by atoms with van der Waals surface area (Å²) in [6, 6.07) is 28.7. The Kier molecular flexibility index (Phi) is 3.78. The summed E-state index contributed by atoms with van der Waals surface area (Å²) in [7, 11) is 0. The lowest BCUT2D eigenvalue weighted by molar-refractivity contribution is 1.07. The first kappa shape index (κ1) is 16.1. The topological polar surface area (TPSA) is 57.4 Å². The third-order valence-electron chi connectivity index (χ3n) is 4.85. The number of nitrogens with one attached hydrogen (secondary N) is 1. The van der Waals surface area contributed by atoms with E-state index in [1.165, 1.54) is 10.8 Å². The summed E-state index contributed by atoms with van der Waals surface area (Å²) in [6.45, 7) is 0. The first-order valence-corrected chi connectivity index (χ1v) is 9.05. The number of aromatic amines is 1. The largest absolute Gasteiger partial charge is 0.337 e. The molecule has 2 heterocycles. The summed E-state index contributed by atoms with van der Waals surface area (Å²) >= 11 is 0. The first-order chi connectivity index (χ1) is 13.8. The number of nitrogens with zero attached hydrogens (tertiary/aromatic N) is 3. The lowest BCUT2D eigenvalue weighted by Crippen LogP contribution is -1.95. The van der Waals surface area contributed by atoms with Gasteiger partial charge in [-0.25, -0.2) is 4.98 Å². The van der Waals surface area contributed by atoms with Crippen LogP contribution in [0.15, 0.2) is 85.1 Å². The summed E-state index contributed by atoms with van der Waals surface area (Å²) in [6.07, 6.45) is 3.87. The van der Waals surface area contributed by atoms with E-state index >= 15 is 0 Å². The van der Waals surface area contributed by atoms with Crippen LogP contribution in [-0.4, -0.2) is 14.5 Å². The second-order valence-electron chi connectivity index (χ2n) is 6.61. The van der Waals surface area contributed by atoms with E-state index in [4.69, 9.17) is 0 Å². The number of rotatable bonds is 3. The molecular weight excluding hydrogens is 344 g/mol. The summed E-state index contributed by atoms with van der Waals surface area (Å²) in [5.41, 5.74) is 4.24. The summed E-state index contributed by atoms with van der Waals surface area (Å²) in [4.78, 5) is 7.78. The van der Waals surface area contributed by atoms with Gasteiger partial charge in [0.15, 0.2) is 0 Å². The van der Waals surface area contributed by atoms with E-state index in [0.717, 1.165) is 22.4 Å². The molecule has 0 fully saturated rings. The monoisotopic (exact) mass is 360 g/mol.